The molecule has 0 bridgehead atoms. The van der Waals surface area contributed by atoms with Crippen LogP contribution in [0.4, 0.5) is 5.69 Å². The molecule has 33 heavy (non-hydrogen) atoms. The van der Waals surface area contributed by atoms with E-state index in [0.29, 0.717) is 11.5 Å². The van der Waals surface area contributed by atoms with Crippen LogP contribution in [0.1, 0.15) is 0 Å². The molecule has 4 heteroatoms. The van der Waals surface area contributed by atoms with E-state index in [1.165, 1.54) is 6.08 Å². The van der Waals surface area contributed by atoms with E-state index in [0.717, 1.165) is 38.7 Å². The van der Waals surface area contributed by atoms with Crippen LogP contribution in [0, 0.1) is 0 Å². The minimum Gasteiger partial charge on any atom is -0.323 e. The van der Waals surface area contributed by atoms with Crippen molar-refractivity contribution in [2.24, 2.45) is 0 Å². The van der Waals surface area contributed by atoms with Crippen molar-refractivity contribution in [2.75, 3.05) is 5.32 Å². The fraction of sp³-hybridized carbons (Fsp3) is 0. The standard InChI is InChI=1S/C29H21N3O/c1-2-27(33)31-25-15-9-14-22(17-25)26-18-23(20-10-5-3-6-11-20)16-24-19-30-29(32-28(24)26)21-12-7-4-8-13-21/h2-19H,1H2,(H,31,33). The molecule has 0 saturated heterocycles. The molecule has 0 aliphatic carbocycles. The highest BCUT2D eigenvalue weighted by molar-refractivity contribution is 6.01. The molecule has 0 radical (unpaired) electrons. The lowest BCUT2D eigenvalue weighted by atomic mass is 9.95. The first-order valence-corrected chi connectivity index (χ1v) is 10.7. The number of nitrogens with one attached hydrogen (secondary N) is 1. The molecule has 0 aliphatic heterocycles. The molecular formula is C29H21N3O. The van der Waals surface area contributed by atoms with E-state index in [1.54, 1.807) is 0 Å². The van der Waals surface area contributed by atoms with Gasteiger partial charge in [0.05, 0.1) is 5.52 Å². The van der Waals surface area contributed by atoms with Crippen molar-refractivity contribution in [3.8, 4) is 33.6 Å². The minimum atomic E-state index is -0.247. The summed E-state index contributed by atoms with van der Waals surface area (Å²) in [4.78, 5) is 21.4. The molecule has 0 fully saturated rings. The molecule has 0 saturated carbocycles. The van der Waals surface area contributed by atoms with Crippen molar-refractivity contribution in [3.05, 3.63) is 116 Å². The van der Waals surface area contributed by atoms with Crippen molar-refractivity contribution in [3.63, 3.8) is 0 Å². The van der Waals surface area contributed by atoms with Gasteiger partial charge in [-0.2, -0.15) is 0 Å². The van der Waals surface area contributed by atoms with Gasteiger partial charge < -0.3 is 5.32 Å². The van der Waals surface area contributed by atoms with E-state index in [2.05, 4.69) is 41.1 Å². The largest absolute Gasteiger partial charge is 0.323 e. The zero-order valence-corrected chi connectivity index (χ0v) is 17.9. The molecule has 0 spiro atoms. The highest BCUT2D eigenvalue weighted by atomic mass is 16.1. The third kappa shape index (κ3) is 4.27. The van der Waals surface area contributed by atoms with Gasteiger partial charge in [-0.15, -0.1) is 0 Å². The summed E-state index contributed by atoms with van der Waals surface area (Å²) in [7, 11) is 0. The van der Waals surface area contributed by atoms with Gasteiger partial charge in [0, 0.05) is 28.4 Å². The summed E-state index contributed by atoms with van der Waals surface area (Å²) in [5.74, 6) is 0.427. The Kier molecular flexibility index (Phi) is 5.48. The SMILES string of the molecule is C=CC(=O)Nc1cccc(-c2cc(-c3ccccc3)cc3cnc(-c4ccccc4)nc23)c1. The number of aromatic nitrogens is 2. The van der Waals surface area contributed by atoms with Crippen LogP contribution in [0.15, 0.2) is 116 Å². The predicted octanol–water partition coefficient (Wildman–Crippen LogP) is 6.76. The number of hydrogen-bond acceptors (Lipinski definition) is 3. The van der Waals surface area contributed by atoms with E-state index in [4.69, 9.17) is 4.98 Å². The molecule has 1 heterocycles. The van der Waals surface area contributed by atoms with Gasteiger partial charge in [0.25, 0.3) is 0 Å². The Labute approximate surface area is 192 Å². The van der Waals surface area contributed by atoms with Crippen LogP contribution >= 0.6 is 0 Å². The van der Waals surface area contributed by atoms with Crippen LogP contribution in [0.3, 0.4) is 0 Å². The average molecular weight is 428 g/mol. The summed E-state index contributed by atoms with van der Waals surface area (Å²) >= 11 is 0. The smallest absolute Gasteiger partial charge is 0.247 e. The predicted molar refractivity (Wildman–Crippen MR) is 135 cm³/mol. The van der Waals surface area contributed by atoms with Crippen LogP contribution in [-0.2, 0) is 4.79 Å². The number of benzene rings is 4. The maximum atomic E-state index is 11.8. The van der Waals surface area contributed by atoms with E-state index in [-0.39, 0.29) is 5.91 Å². The molecule has 4 nitrogen and oxygen atoms in total. The van der Waals surface area contributed by atoms with E-state index in [9.17, 15) is 4.79 Å². The van der Waals surface area contributed by atoms with Gasteiger partial charge in [-0.25, -0.2) is 9.97 Å². The van der Waals surface area contributed by atoms with Gasteiger partial charge in [0.15, 0.2) is 5.82 Å². The summed E-state index contributed by atoms with van der Waals surface area (Å²) < 4.78 is 0. The van der Waals surface area contributed by atoms with Gasteiger partial charge in [-0.05, 0) is 47.0 Å². The maximum absolute atomic E-state index is 11.8. The van der Waals surface area contributed by atoms with E-state index >= 15 is 0 Å². The van der Waals surface area contributed by atoms with Gasteiger partial charge >= 0.3 is 0 Å². The topological polar surface area (TPSA) is 54.9 Å². The summed E-state index contributed by atoms with van der Waals surface area (Å²) in [6.07, 6.45) is 3.14. The lowest BCUT2D eigenvalue weighted by molar-refractivity contribution is -0.111. The van der Waals surface area contributed by atoms with Crippen molar-refractivity contribution in [1.29, 1.82) is 0 Å². The Morgan fingerprint density at radius 2 is 1.45 bits per heavy atom. The normalized spacial score (nSPS) is 10.7. The van der Waals surface area contributed by atoms with Crippen LogP contribution in [0.25, 0.3) is 44.5 Å². The molecule has 4 aromatic carbocycles. The van der Waals surface area contributed by atoms with Gasteiger partial charge in [0.1, 0.15) is 0 Å². The van der Waals surface area contributed by atoms with Crippen molar-refractivity contribution in [2.45, 2.75) is 0 Å². The molecular weight excluding hydrogens is 406 g/mol. The Morgan fingerprint density at radius 3 is 2.18 bits per heavy atom. The van der Waals surface area contributed by atoms with E-state index < -0.39 is 0 Å². The number of nitrogens with zero attached hydrogens (tertiary/aromatic N) is 2. The van der Waals surface area contributed by atoms with Crippen molar-refractivity contribution >= 4 is 22.5 Å². The second-order valence-corrected chi connectivity index (χ2v) is 7.66. The third-order valence-electron chi connectivity index (χ3n) is 5.45. The average Bonchev–Trinajstić information content (AvgIpc) is 2.89. The first-order valence-electron chi connectivity index (χ1n) is 10.7. The van der Waals surface area contributed by atoms with Crippen molar-refractivity contribution < 1.29 is 4.79 Å². The number of hydrogen-bond donors (Lipinski definition) is 1. The third-order valence-corrected chi connectivity index (χ3v) is 5.45. The molecule has 5 aromatic rings. The molecule has 1 aromatic heterocycles. The maximum Gasteiger partial charge on any atom is 0.247 e. The summed E-state index contributed by atoms with van der Waals surface area (Å²) in [5, 5.41) is 3.79. The number of anilines is 1. The zero-order valence-electron chi connectivity index (χ0n) is 17.9. The van der Waals surface area contributed by atoms with Crippen LogP contribution < -0.4 is 5.32 Å². The molecule has 0 unspecified atom stereocenters. The number of fused-ring (bicyclic) bond motifs is 1. The summed E-state index contributed by atoms with van der Waals surface area (Å²) in [6.45, 7) is 3.53. The highest BCUT2D eigenvalue weighted by Crippen LogP contribution is 2.35. The lowest BCUT2D eigenvalue weighted by Crippen LogP contribution is -2.07. The van der Waals surface area contributed by atoms with Crippen LogP contribution in [0.5, 0.6) is 0 Å². The highest BCUT2D eigenvalue weighted by Gasteiger charge is 2.13. The molecule has 1 amide bonds. The minimum absolute atomic E-state index is 0.247. The zero-order chi connectivity index (χ0) is 22.6. The van der Waals surface area contributed by atoms with Gasteiger partial charge in [0.2, 0.25) is 5.91 Å². The number of carbonyl (C=O) groups excluding carboxylic acids is 1. The fourth-order valence-corrected chi connectivity index (χ4v) is 3.85. The monoisotopic (exact) mass is 427 g/mol. The van der Waals surface area contributed by atoms with Crippen molar-refractivity contribution in [1.82, 2.24) is 9.97 Å². The Hall–Kier alpha value is -4.57. The quantitative estimate of drug-likeness (QED) is 0.315. The Balaban J connectivity index is 1.72. The van der Waals surface area contributed by atoms with Gasteiger partial charge in [-0.3, -0.25) is 4.79 Å². The Morgan fingerprint density at radius 1 is 0.758 bits per heavy atom. The molecule has 5 rings (SSSR count). The lowest BCUT2D eigenvalue weighted by Gasteiger charge is -2.13. The summed E-state index contributed by atoms with van der Waals surface area (Å²) in [6, 6.07) is 32.2. The first-order chi connectivity index (χ1) is 16.2. The number of amides is 1. The second-order valence-electron chi connectivity index (χ2n) is 7.66. The van der Waals surface area contributed by atoms with Gasteiger partial charge in [-0.1, -0.05) is 79.4 Å². The number of rotatable bonds is 5. The van der Waals surface area contributed by atoms with Crippen LogP contribution in [-0.4, -0.2) is 15.9 Å². The van der Waals surface area contributed by atoms with E-state index in [1.807, 2.05) is 79.0 Å². The van der Waals surface area contributed by atoms with Crippen LogP contribution in [0.2, 0.25) is 0 Å². The fourth-order valence-electron chi connectivity index (χ4n) is 3.85. The molecule has 0 aliphatic rings. The molecule has 1 N–H and O–H groups in total. The molecule has 158 valence electrons. The number of carbonyl (C=O) groups is 1. The molecule has 0 atom stereocenters. The first kappa shape index (κ1) is 20.3. The Bertz CT molecular complexity index is 1460. The summed E-state index contributed by atoms with van der Waals surface area (Å²) in [5.41, 5.74) is 6.64. The second kappa shape index (κ2) is 8.89.